The fourth-order valence-corrected chi connectivity index (χ4v) is 5.61. The second kappa shape index (κ2) is 10.6. The first-order valence-electron chi connectivity index (χ1n) is 9.89. The first kappa shape index (κ1) is 23.1. The van der Waals surface area contributed by atoms with Gasteiger partial charge in [0.25, 0.3) is 0 Å². The third-order valence-electron chi connectivity index (χ3n) is 4.91. The lowest BCUT2D eigenvalue weighted by molar-refractivity contribution is -0.142. The second-order valence-electron chi connectivity index (χ2n) is 7.30. The van der Waals surface area contributed by atoms with Gasteiger partial charge in [-0.1, -0.05) is 66.2 Å². The van der Waals surface area contributed by atoms with Gasteiger partial charge in [-0.2, -0.15) is 0 Å². The van der Waals surface area contributed by atoms with Gasteiger partial charge >= 0.3 is 5.97 Å². The second-order valence-corrected chi connectivity index (χ2v) is 10.1. The topological polar surface area (TPSA) is 83.5 Å². The molecule has 2 unspecified atom stereocenters. The minimum Gasteiger partial charge on any atom is -0.481 e. The van der Waals surface area contributed by atoms with Crippen molar-refractivity contribution in [3.63, 3.8) is 0 Å². The van der Waals surface area contributed by atoms with Crippen LogP contribution in [0.25, 0.3) is 0 Å². The van der Waals surface area contributed by atoms with E-state index in [-0.39, 0.29) is 11.3 Å². The Morgan fingerprint density at radius 3 is 2.10 bits per heavy atom. The van der Waals surface area contributed by atoms with Crippen LogP contribution in [0.15, 0.2) is 94.7 Å². The number of benzene rings is 3. The zero-order valence-corrected chi connectivity index (χ0v) is 18.8. The van der Waals surface area contributed by atoms with E-state index in [9.17, 15) is 18.3 Å². The highest BCUT2D eigenvalue weighted by Crippen LogP contribution is 2.24. The van der Waals surface area contributed by atoms with Crippen molar-refractivity contribution in [1.82, 2.24) is 4.72 Å². The molecule has 0 aliphatic carbocycles. The summed E-state index contributed by atoms with van der Waals surface area (Å²) in [7, 11) is -3.88. The molecule has 0 aliphatic heterocycles. The Labute approximate surface area is 187 Å². The van der Waals surface area contributed by atoms with Crippen LogP contribution >= 0.6 is 11.8 Å². The van der Waals surface area contributed by atoms with Gasteiger partial charge < -0.3 is 5.11 Å². The molecule has 0 amide bonds. The Balaban J connectivity index is 1.88. The molecule has 162 valence electrons. The SMILES string of the molecule is Cc1ccc(S(=O)(=O)NC(CSc2ccccc2)C(Cc2ccccc2)C(=O)O)cc1. The van der Waals surface area contributed by atoms with E-state index >= 15 is 0 Å². The quantitative estimate of drug-likeness (QED) is 0.443. The highest BCUT2D eigenvalue weighted by Gasteiger charge is 2.32. The Bertz CT molecular complexity index is 1090. The molecule has 0 radical (unpaired) electrons. The molecule has 0 aromatic heterocycles. The number of carboxylic acids is 1. The summed E-state index contributed by atoms with van der Waals surface area (Å²) < 4.78 is 28.7. The number of carboxylic acid groups (broad SMARTS) is 1. The van der Waals surface area contributed by atoms with Crippen LogP contribution in [0, 0.1) is 12.8 Å². The molecule has 0 fully saturated rings. The molecular formula is C24H25NO4S2. The molecule has 5 nitrogen and oxygen atoms in total. The zero-order chi connectivity index (χ0) is 22.3. The molecule has 31 heavy (non-hydrogen) atoms. The number of hydrogen-bond donors (Lipinski definition) is 2. The molecular weight excluding hydrogens is 430 g/mol. The molecule has 3 aromatic rings. The molecule has 3 aromatic carbocycles. The average molecular weight is 456 g/mol. The van der Waals surface area contributed by atoms with Crippen molar-refractivity contribution in [1.29, 1.82) is 0 Å². The molecule has 0 aliphatic rings. The number of aryl methyl sites for hydroxylation is 1. The van der Waals surface area contributed by atoms with Gasteiger partial charge in [0.05, 0.1) is 10.8 Å². The van der Waals surface area contributed by atoms with Crippen molar-refractivity contribution in [3.05, 3.63) is 96.1 Å². The number of sulfonamides is 1. The van der Waals surface area contributed by atoms with E-state index in [1.807, 2.05) is 67.6 Å². The van der Waals surface area contributed by atoms with Crippen molar-refractivity contribution in [2.45, 2.75) is 29.2 Å². The van der Waals surface area contributed by atoms with Crippen LogP contribution in [-0.2, 0) is 21.2 Å². The number of nitrogens with one attached hydrogen (secondary N) is 1. The fraction of sp³-hybridized carbons (Fsp3) is 0.208. The van der Waals surface area contributed by atoms with E-state index in [1.54, 1.807) is 12.1 Å². The zero-order valence-electron chi connectivity index (χ0n) is 17.1. The van der Waals surface area contributed by atoms with Crippen LogP contribution in [-0.4, -0.2) is 31.3 Å². The standard InChI is InChI=1S/C24H25NO4S2/c1-18-12-14-21(15-13-18)31(28,29)25-23(17-30-20-10-6-3-7-11-20)22(24(26)27)16-19-8-4-2-5-9-19/h2-15,22-23,25H,16-17H2,1H3,(H,26,27). The summed E-state index contributed by atoms with van der Waals surface area (Å²) in [5.74, 6) is -1.66. The first-order chi connectivity index (χ1) is 14.8. The monoisotopic (exact) mass is 455 g/mol. The summed E-state index contributed by atoms with van der Waals surface area (Å²) in [5.41, 5.74) is 1.79. The van der Waals surface area contributed by atoms with E-state index in [0.717, 1.165) is 16.0 Å². The molecule has 0 spiro atoms. The number of hydrogen-bond acceptors (Lipinski definition) is 4. The van der Waals surface area contributed by atoms with Crippen LogP contribution < -0.4 is 4.72 Å². The predicted molar refractivity (Wildman–Crippen MR) is 124 cm³/mol. The molecule has 0 saturated heterocycles. The summed E-state index contributed by atoms with van der Waals surface area (Å²) in [4.78, 5) is 13.3. The molecule has 0 bridgehead atoms. The van der Waals surface area contributed by atoms with Gasteiger partial charge in [-0.05, 0) is 43.2 Å². The molecule has 3 rings (SSSR count). The lowest BCUT2D eigenvalue weighted by Gasteiger charge is -2.25. The number of thioether (sulfide) groups is 1. The molecule has 0 saturated carbocycles. The third kappa shape index (κ3) is 6.69. The highest BCUT2D eigenvalue weighted by atomic mass is 32.2. The predicted octanol–water partition coefficient (Wildman–Crippen LogP) is 4.38. The summed E-state index contributed by atoms with van der Waals surface area (Å²) in [6.07, 6.45) is 0.229. The van der Waals surface area contributed by atoms with Gasteiger partial charge in [-0.25, -0.2) is 13.1 Å². The number of rotatable bonds is 10. The van der Waals surface area contributed by atoms with Gasteiger partial charge in [-0.15, -0.1) is 11.8 Å². The van der Waals surface area contributed by atoms with Gasteiger partial charge in [0.15, 0.2) is 0 Å². The normalized spacial score (nSPS) is 13.5. The molecule has 7 heteroatoms. The Hall–Kier alpha value is -2.61. The third-order valence-corrected chi connectivity index (χ3v) is 7.55. The van der Waals surface area contributed by atoms with Crippen molar-refractivity contribution < 1.29 is 18.3 Å². The van der Waals surface area contributed by atoms with Crippen LogP contribution in [0.5, 0.6) is 0 Å². The molecule has 0 heterocycles. The van der Waals surface area contributed by atoms with Gasteiger partial charge in [-0.3, -0.25) is 4.79 Å². The van der Waals surface area contributed by atoms with Crippen molar-refractivity contribution in [2.24, 2.45) is 5.92 Å². The fourth-order valence-electron chi connectivity index (χ4n) is 3.19. The molecule has 2 atom stereocenters. The number of carbonyl (C=O) groups is 1. The Kier molecular flexibility index (Phi) is 7.90. The van der Waals surface area contributed by atoms with Crippen molar-refractivity contribution >= 4 is 27.8 Å². The smallest absolute Gasteiger partial charge is 0.308 e. The summed E-state index contributed by atoms with van der Waals surface area (Å²) >= 11 is 1.43. The van der Waals surface area contributed by atoms with E-state index in [1.165, 1.54) is 23.9 Å². The largest absolute Gasteiger partial charge is 0.481 e. The van der Waals surface area contributed by atoms with Crippen LogP contribution in [0.2, 0.25) is 0 Å². The summed E-state index contributed by atoms with van der Waals surface area (Å²) in [6, 6.07) is 24.5. The lowest BCUT2D eigenvalue weighted by atomic mass is 9.93. The van der Waals surface area contributed by atoms with E-state index < -0.39 is 28.0 Å². The summed E-state index contributed by atoms with van der Waals surface area (Å²) in [6.45, 7) is 1.88. The maximum Gasteiger partial charge on any atom is 0.308 e. The Morgan fingerprint density at radius 1 is 0.935 bits per heavy atom. The highest BCUT2D eigenvalue weighted by molar-refractivity contribution is 7.99. The van der Waals surface area contributed by atoms with E-state index in [4.69, 9.17) is 0 Å². The van der Waals surface area contributed by atoms with Gasteiger partial charge in [0.1, 0.15) is 0 Å². The van der Waals surface area contributed by atoms with Crippen LogP contribution in [0.1, 0.15) is 11.1 Å². The maximum absolute atomic E-state index is 13.0. The number of aliphatic carboxylic acids is 1. The first-order valence-corrected chi connectivity index (χ1v) is 12.4. The minimum atomic E-state index is -3.88. The van der Waals surface area contributed by atoms with Crippen molar-refractivity contribution in [3.8, 4) is 0 Å². The minimum absolute atomic E-state index is 0.122. The van der Waals surface area contributed by atoms with Crippen LogP contribution in [0.4, 0.5) is 0 Å². The molecule has 2 N–H and O–H groups in total. The maximum atomic E-state index is 13.0. The van der Waals surface area contributed by atoms with E-state index in [0.29, 0.717) is 5.75 Å². The van der Waals surface area contributed by atoms with E-state index in [2.05, 4.69) is 4.72 Å². The lowest BCUT2D eigenvalue weighted by Crippen LogP contribution is -2.46. The summed E-state index contributed by atoms with van der Waals surface area (Å²) in [5, 5.41) is 9.96. The average Bonchev–Trinajstić information content (AvgIpc) is 2.76. The van der Waals surface area contributed by atoms with Crippen molar-refractivity contribution in [2.75, 3.05) is 5.75 Å². The van der Waals surface area contributed by atoms with Gasteiger partial charge in [0.2, 0.25) is 10.0 Å². The Morgan fingerprint density at radius 2 is 1.52 bits per heavy atom. The van der Waals surface area contributed by atoms with Gasteiger partial charge in [0, 0.05) is 16.7 Å². The van der Waals surface area contributed by atoms with Crippen LogP contribution in [0.3, 0.4) is 0 Å².